The number of hydrogen-bond donors (Lipinski definition) is 1. The summed E-state index contributed by atoms with van der Waals surface area (Å²) in [6.07, 6.45) is 1.72. The number of rotatable bonds is 2. The molecule has 1 saturated heterocycles. The van der Waals surface area contributed by atoms with Gasteiger partial charge in [-0.1, -0.05) is 0 Å². The van der Waals surface area contributed by atoms with E-state index < -0.39 is 0 Å². The van der Waals surface area contributed by atoms with Crippen molar-refractivity contribution in [2.45, 2.75) is 32.5 Å². The Hall–Kier alpha value is -0.710. The highest BCUT2D eigenvalue weighted by Gasteiger charge is 2.24. The van der Waals surface area contributed by atoms with E-state index in [1.165, 1.54) is 0 Å². The number of halogens is 1. The maximum absolute atomic E-state index is 4.13. The van der Waals surface area contributed by atoms with E-state index in [4.69, 9.17) is 0 Å². The maximum Gasteiger partial charge on any atom is 0.0771 e. The molecule has 1 aliphatic rings. The first-order valence-electron chi connectivity index (χ1n) is 5.50. The zero-order chi connectivity index (χ0) is 10.7. The number of piperazine rings is 1. The Labute approximate surface area is 103 Å². The van der Waals surface area contributed by atoms with E-state index in [1.54, 1.807) is 6.20 Å². The normalized spacial score (nSPS) is 26.1. The van der Waals surface area contributed by atoms with Crippen LogP contribution in [0.4, 0.5) is 0 Å². The van der Waals surface area contributed by atoms with E-state index in [1.807, 2.05) is 12.1 Å². The largest absolute Gasteiger partial charge is 0.314 e. The fraction of sp³-hybridized carbons (Fsp3) is 0.636. The van der Waals surface area contributed by atoms with Crippen LogP contribution in [-0.4, -0.2) is 40.3 Å². The van der Waals surface area contributed by atoms with Crippen LogP contribution in [-0.2, 0) is 6.54 Å². The first-order valence-corrected chi connectivity index (χ1v) is 5.50. The van der Waals surface area contributed by atoms with Crippen molar-refractivity contribution < 1.29 is 0 Å². The molecule has 0 unspecified atom stereocenters. The third-order valence-electron chi connectivity index (χ3n) is 2.98. The second-order valence-electron chi connectivity index (χ2n) is 4.24. The summed E-state index contributed by atoms with van der Waals surface area (Å²) < 4.78 is 0. The van der Waals surface area contributed by atoms with Crippen molar-refractivity contribution in [3.63, 3.8) is 0 Å². The Morgan fingerprint density at radius 1 is 1.38 bits per heavy atom. The molecule has 1 aromatic heterocycles. The van der Waals surface area contributed by atoms with Crippen molar-refractivity contribution in [2.24, 2.45) is 0 Å². The summed E-state index contributed by atoms with van der Waals surface area (Å²) in [4.78, 5) is 2.47. The summed E-state index contributed by atoms with van der Waals surface area (Å²) in [6.45, 7) is 7.52. The molecule has 90 valence electrons. The van der Waals surface area contributed by atoms with Crippen molar-refractivity contribution >= 4 is 12.4 Å². The first kappa shape index (κ1) is 13.4. The van der Waals surface area contributed by atoms with Crippen LogP contribution in [0.1, 0.15) is 19.5 Å². The molecule has 0 saturated carbocycles. The van der Waals surface area contributed by atoms with Gasteiger partial charge in [0.1, 0.15) is 0 Å². The van der Waals surface area contributed by atoms with Gasteiger partial charge in [0, 0.05) is 37.9 Å². The van der Waals surface area contributed by atoms with Gasteiger partial charge in [-0.05, 0) is 26.0 Å². The molecular formula is C11H19ClN4. The summed E-state index contributed by atoms with van der Waals surface area (Å²) >= 11 is 0. The quantitative estimate of drug-likeness (QED) is 0.843. The van der Waals surface area contributed by atoms with E-state index in [0.717, 1.165) is 25.3 Å². The van der Waals surface area contributed by atoms with Crippen LogP contribution in [0.15, 0.2) is 18.3 Å². The van der Waals surface area contributed by atoms with Crippen LogP contribution in [0.3, 0.4) is 0 Å². The van der Waals surface area contributed by atoms with Gasteiger partial charge in [-0.15, -0.1) is 12.4 Å². The first-order chi connectivity index (χ1) is 7.27. The summed E-state index contributed by atoms with van der Waals surface area (Å²) in [7, 11) is 0. The van der Waals surface area contributed by atoms with Crippen LogP contribution in [0.2, 0.25) is 0 Å². The third-order valence-corrected chi connectivity index (χ3v) is 2.98. The van der Waals surface area contributed by atoms with Gasteiger partial charge in [-0.25, -0.2) is 0 Å². The molecule has 1 N–H and O–H groups in total. The SMILES string of the molecule is C[C@@H]1CNC[C@@H](C)N1Cc1cccnn1.Cl. The average molecular weight is 243 g/mol. The fourth-order valence-electron chi connectivity index (χ4n) is 2.09. The molecule has 1 fully saturated rings. The van der Waals surface area contributed by atoms with Crippen LogP contribution in [0.25, 0.3) is 0 Å². The molecule has 2 heterocycles. The van der Waals surface area contributed by atoms with Crippen molar-refractivity contribution in [1.29, 1.82) is 0 Å². The van der Waals surface area contributed by atoms with Crippen molar-refractivity contribution in [2.75, 3.05) is 13.1 Å². The Morgan fingerprint density at radius 2 is 2.06 bits per heavy atom. The topological polar surface area (TPSA) is 41.0 Å². The van der Waals surface area contributed by atoms with Gasteiger partial charge in [-0.3, -0.25) is 4.90 Å². The van der Waals surface area contributed by atoms with E-state index >= 15 is 0 Å². The second kappa shape index (κ2) is 6.13. The number of hydrogen-bond acceptors (Lipinski definition) is 4. The lowest BCUT2D eigenvalue weighted by molar-refractivity contribution is 0.107. The smallest absolute Gasteiger partial charge is 0.0771 e. The van der Waals surface area contributed by atoms with Gasteiger partial charge in [-0.2, -0.15) is 10.2 Å². The lowest BCUT2D eigenvalue weighted by Gasteiger charge is -2.39. The molecule has 0 aliphatic carbocycles. The zero-order valence-corrected chi connectivity index (χ0v) is 10.6. The van der Waals surface area contributed by atoms with E-state index in [0.29, 0.717) is 12.1 Å². The highest BCUT2D eigenvalue weighted by molar-refractivity contribution is 5.85. The van der Waals surface area contributed by atoms with Gasteiger partial charge in [0.15, 0.2) is 0 Å². The molecule has 5 heteroatoms. The third kappa shape index (κ3) is 3.14. The number of nitrogens with zero attached hydrogens (tertiary/aromatic N) is 3. The molecule has 4 nitrogen and oxygen atoms in total. The Morgan fingerprint density at radius 3 is 2.62 bits per heavy atom. The molecule has 0 aromatic carbocycles. The van der Waals surface area contributed by atoms with E-state index in [9.17, 15) is 0 Å². The predicted octanol–water partition coefficient (Wildman–Crippen LogP) is 1.08. The molecule has 0 radical (unpaired) electrons. The number of nitrogens with one attached hydrogen (secondary N) is 1. The molecule has 16 heavy (non-hydrogen) atoms. The van der Waals surface area contributed by atoms with Crippen molar-refractivity contribution in [3.8, 4) is 0 Å². The molecular weight excluding hydrogens is 224 g/mol. The second-order valence-corrected chi connectivity index (χ2v) is 4.24. The number of aromatic nitrogens is 2. The minimum atomic E-state index is 0. The van der Waals surface area contributed by atoms with Gasteiger partial charge in [0.05, 0.1) is 5.69 Å². The van der Waals surface area contributed by atoms with E-state index in [2.05, 4.69) is 34.3 Å². The van der Waals surface area contributed by atoms with Crippen LogP contribution < -0.4 is 5.32 Å². The summed E-state index contributed by atoms with van der Waals surface area (Å²) in [5.74, 6) is 0. The fourth-order valence-corrected chi connectivity index (χ4v) is 2.09. The minimum absolute atomic E-state index is 0. The zero-order valence-electron chi connectivity index (χ0n) is 9.76. The highest BCUT2D eigenvalue weighted by atomic mass is 35.5. The maximum atomic E-state index is 4.13. The Bertz CT molecular complexity index is 296. The van der Waals surface area contributed by atoms with Crippen molar-refractivity contribution in [3.05, 3.63) is 24.0 Å². The van der Waals surface area contributed by atoms with E-state index in [-0.39, 0.29) is 12.4 Å². The molecule has 0 bridgehead atoms. The van der Waals surface area contributed by atoms with Gasteiger partial charge >= 0.3 is 0 Å². The Balaban J connectivity index is 0.00000128. The monoisotopic (exact) mass is 242 g/mol. The van der Waals surface area contributed by atoms with Gasteiger partial charge in [0.2, 0.25) is 0 Å². The van der Waals surface area contributed by atoms with Gasteiger partial charge < -0.3 is 5.32 Å². The molecule has 1 aromatic rings. The van der Waals surface area contributed by atoms with Crippen molar-refractivity contribution in [1.82, 2.24) is 20.4 Å². The molecule has 2 rings (SSSR count). The highest BCUT2D eigenvalue weighted by Crippen LogP contribution is 2.12. The van der Waals surface area contributed by atoms with Gasteiger partial charge in [0.25, 0.3) is 0 Å². The standard InChI is InChI=1S/C11H18N4.ClH/c1-9-6-12-7-10(2)15(9)8-11-4-3-5-13-14-11;/h3-5,9-10,12H,6-8H2,1-2H3;1H/t9-,10-;/m1./s1. The summed E-state index contributed by atoms with van der Waals surface area (Å²) in [5, 5.41) is 11.5. The molecule has 0 amide bonds. The Kier molecular flexibility index (Phi) is 5.12. The molecule has 0 spiro atoms. The van der Waals surface area contributed by atoms with Crippen LogP contribution in [0, 0.1) is 0 Å². The summed E-state index contributed by atoms with van der Waals surface area (Å²) in [5.41, 5.74) is 1.05. The molecule has 1 aliphatic heterocycles. The average Bonchev–Trinajstić information content (AvgIpc) is 2.25. The predicted molar refractivity (Wildman–Crippen MR) is 66.6 cm³/mol. The molecule has 2 atom stereocenters. The minimum Gasteiger partial charge on any atom is -0.314 e. The van der Waals surface area contributed by atoms with Crippen LogP contribution >= 0.6 is 12.4 Å². The lowest BCUT2D eigenvalue weighted by atomic mass is 10.1. The lowest BCUT2D eigenvalue weighted by Crippen LogP contribution is -2.54. The van der Waals surface area contributed by atoms with Crippen LogP contribution in [0.5, 0.6) is 0 Å². The summed E-state index contributed by atoms with van der Waals surface area (Å²) in [6, 6.07) is 5.11.